The highest BCUT2D eigenvalue weighted by molar-refractivity contribution is 6.08. The molecule has 0 unspecified atom stereocenters. The van der Waals surface area contributed by atoms with Gasteiger partial charge >= 0.3 is 0 Å². The molecule has 2 amide bonds. The van der Waals surface area contributed by atoms with Gasteiger partial charge < -0.3 is 16.4 Å². The van der Waals surface area contributed by atoms with E-state index in [1.165, 1.54) is 6.07 Å². The molecule has 0 aliphatic carbocycles. The second kappa shape index (κ2) is 6.30. The van der Waals surface area contributed by atoms with Gasteiger partial charge in [-0.2, -0.15) is 5.10 Å². The molecule has 0 saturated heterocycles. The molecule has 2 aromatic rings. The smallest absolute Gasteiger partial charge is 0.257 e. The first-order chi connectivity index (χ1) is 10.4. The first-order valence-electron chi connectivity index (χ1n) is 6.91. The minimum Gasteiger partial charge on any atom is -0.398 e. The number of hydrogen-bond donors (Lipinski definition) is 3. The Hall–Kier alpha value is -2.83. The van der Waals surface area contributed by atoms with Gasteiger partial charge in [-0.25, -0.2) is 0 Å². The molecule has 1 aromatic heterocycles. The molecule has 4 N–H and O–H groups in total. The summed E-state index contributed by atoms with van der Waals surface area (Å²) in [7, 11) is 1.76. The molecule has 0 radical (unpaired) electrons. The Balaban J connectivity index is 2.31. The van der Waals surface area contributed by atoms with Crippen LogP contribution in [0.1, 0.15) is 33.2 Å². The van der Waals surface area contributed by atoms with Crippen LogP contribution in [-0.2, 0) is 7.05 Å². The number of rotatable bonds is 4. The number of aromatic nitrogens is 2. The van der Waals surface area contributed by atoms with Crippen molar-refractivity contribution in [1.29, 1.82) is 0 Å². The molecular formula is C15H19N5O2. The van der Waals surface area contributed by atoms with Gasteiger partial charge in [-0.05, 0) is 31.5 Å². The molecule has 22 heavy (non-hydrogen) atoms. The van der Waals surface area contributed by atoms with Crippen molar-refractivity contribution in [2.75, 3.05) is 17.6 Å². The van der Waals surface area contributed by atoms with Gasteiger partial charge in [0.25, 0.3) is 11.8 Å². The van der Waals surface area contributed by atoms with Crippen molar-refractivity contribution in [3.63, 3.8) is 0 Å². The van der Waals surface area contributed by atoms with Gasteiger partial charge in [-0.15, -0.1) is 0 Å². The lowest BCUT2D eigenvalue weighted by Crippen LogP contribution is -2.25. The van der Waals surface area contributed by atoms with Crippen molar-refractivity contribution in [1.82, 2.24) is 15.1 Å². The van der Waals surface area contributed by atoms with E-state index in [2.05, 4.69) is 15.7 Å². The van der Waals surface area contributed by atoms with E-state index in [-0.39, 0.29) is 11.8 Å². The van der Waals surface area contributed by atoms with Crippen LogP contribution in [0.3, 0.4) is 0 Å². The zero-order valence-corrected chi connectivity index (χ0v) is 12.8. The summed E-state index contributed by atoms with van der Waals surface area (Å²) < 4.78 is 1.59. The Kier molecular flexibility index (Phi) is 4.45. The molecule has 0 bridgehead atoms. The predicted octanol–water partition coefficient (Wildman–Crippen LogP) is 1.31. The Morgan fingerprint density at radius 1 is 1.27 bits per heavy atom. The van der Waals surface area contributed by atoms with Gasteiger partial charge in [-0.1, -0.05) is 0 Å². The highest BCUT2D eigenvalue weighted by atomic mass is 16.2. The van der Waals surface area contributed by atoms with Crippen molar-refractivity contribution < 1.29 is 9.59 Å². The lowest BCUT2D eigenvalue weighted by atomic mass is 10.0. The maximum atomic E-state index is 12.4. The number of nitrogens with zero attached hydrogens (tertiary/aromatic N) is 2. The standard InChI is InChI=1S/C15H19N5O2/c1-4-17-14(21)11-8-10(9(2)7-12(11)16)15(22)18-13-5-6-20(3)19-13/h5-8H,4,16H2,1-3H3,(H,17,21)(H,18,19,22). The largest absolute Gasteiger partial charge is 0.398 e. The molecule has 1 aromatic carbocycles. The number of nitrogens with one attached hydrogen (secondary N) is 2. The van der Waals surface area contributed by atoms with Crippen molar-refractivity contribution in [3.05, 3.63) is 41.1 Å². The van der Waals surface area contributed by atoms with E-state index in [4.69, 9.17) is 5.73 Å². The number of amides is 2. The van der Waals surface area contributed by atoms with Crippen molar-refractivity contribution >= 4 is 23.3 Å². The van der Waals surface area contributed by atoms with E-state index in [9.17, 15) is 9.59 Å². The zero-order chi connectivity index (χ0) is 16.3. The highest BCUT2D eigenvalue weighted by Crippen LogP contribution is 2.20. The van der Waals surface area contributed by atoms with Gasteiger partial charge in [0.05, 0.1) is 5.56 Å². The van der Waals surface area contributed by atoms with Crippen LogP contribution in [0.4, 0.5) is 11.5 Å². The quantitative estimate of drug-likeness (QED) is 0.741. The maximum absolute atomic E-state index is 12.4. The summed E-state index contributed by atoms with van der Waals surface area (Å²) in [5.41, 5.74) is 7.59. The number of anilines is 2. The van der Waals surface area contributed by atoms with Crippen LogP contribution in [-0.4, -0.2) is 28.1 Å². The fourth-order valence-corrected chi connectivity index (χ4v) is 2.09. The van der Waals surface area contributed by atoms with Crippen molar-refractivity contribution in [2.24, 2.45) is 7.05 Å². The van der Waals surface area contributed by atoms with Crippen LogP contribution in [0, 0.1) is 6.92 Å². The fourth-order valence-electron chi connectivity index (χ4n) is 2.09. The Morgan fingerprint density at radius 3 is 2.59 bits per heavy atom. The maximum Gasteiger partial charge on any atom is 0.257 e. The lowest BCUT2D eigenvalue weighted by molar-refractivity contribution is 0.0956. The number of carbonyl (C=O) groups excluding carboxylic acids is 2. The van der Waals surface area contributed by atoms with Crippen molar-refractivity contribution in [2.45, 2.75) is 13.8 Å². The second-order valence-electron chi connectivity index (χ2n) is 4.94. The van der Waals surface area contributed by atoms with Crippen LogP contribution in [0.5, 0.6) is 0 Å². The molecular weight excluding hydrogens is 282 g/mol. The topological polar surface area (TPSA) is 102 Å². The number of benzene rings is 1. The summed E-state index contributed by atoms with van der Waals surface area (Å²) in [6.07, 6.45) is 1.73. The number of hydrogen-bond acceptors (Lipinski definition) is 4. The van der Waals surface area contributed by atoms with Crippen LogP contribution in [0.15, 0.2) is 24.4 Å². The molecule has 2 rings (SSSR count). The van der Waals surface area contributed by atoms with Crippen LogP contribution < -0.4 is 16.4 Å². The van der Waals surface area contributed by atoms with Crippen LogP contribution in [0.25, 0.3) is 0 Å². The predicted molar refractivity (Wildman–Crippen MR) is 84.8 cm³/mol. The number of carbonyl (C=O) groups is 2. The minimum absolute atomic E-state index is 0.290. The van der Waals surface area contributed by atoms with E-state index < -0.39 is 0 Å². The van der Waals surface area contributed by atoms with Crippen LogP contribution >= 0.6 is 0 Å². The molecule has 116 valence electrons. The number of aryl methyl sites for hydroxylation is 2. The third-order valence-corrected chi connectivity index (χ3v) is 3.18. The zero-order valence-electron chi connectivity index (χ0n) is 12.8. The normalized spacial score (nSPS) is 10.3. The fraction of sp³-hybridized carbons (Fsp3) is 0.267. The van der Waals surface area contributed by atoms with Gasteiger partial charge in [0.1, 0.15) is 0 Å². The first kappa shape index (κ1) is 15.6. The monoisotopic (exact) mass is 301 g/mol. The summed E-state index contributed by atoms with van der Waals surface area (Å²) in [5, 5.41) is 9.46. The number of nitrogens with two attached hydrogens (primary N) is 1. The molecule has 7 heteroatoms. The van der Waals surface area contributed by atoms with E-state index in [1.54, 1.807) is 37.0 Å². The Bertz CT molecular complexity index is 721. The average Bonchev–Trinajstić information content (AvgIpc) is 2.84. The average molecular weight is 301 g/mol. The van der Waals surface area contributed by atoms with Gasteiger partial charge in [-0.3, -0.25) is 14.3 Å². The third kappa shape index (κ3) is 3.25. The SMILES string of the molecule is CCNC(=O)c1cc(C(=O)Nc2ccn(C)n2)c(C)cc1N. The first-order valence-corrected chi connectivity index (χ1v) is 6.91. The number of nitrogen functional groups attached to an aromatic ring is 1. The summed E-state index contributed by atoms with van der Waals surface area (Å²) in [6, 6.07) is 4.82. The molecule has 7 nitrogen and oxygen atoms in total. The molecule has 0 fully saturated rings. The van der Waals surface area contributed by atoms with Gasteiger partial charge in [0.2, 0.25) is 0 Å². The van der Waals surface area contributed by atoms with E-state index in [1.807, 2.05) is 6.92 Å². The van der Waals surface area contributed by atoms with E-state index in [0.29, 0.717) is 34.7 Å². The summed E-state index contributed by atoms with van der Waals surface area (Å²) >= 11 is 0. The molecule has 1 heterocycles. The van der Waals surface area contributed by atoms with E-state index in [0.717, 1.165) is 0 Å². The molecule has 0 atom stereocenters. The van der Waals surface area contributed by atoms with Crippen molar-refractivity contribution in [3.8, 4) is 0 Å². The molecule has 0 spiro atoms. The molecule has 0 saturated carbocycles. The lowest BCUT2D eigenvalue weighted by Gasteiger charge is -2.11. The second-order valence-corrected chi connectivity index (χ2v) is 4.94. The third-order valence-electron chi connectivity index (χ3n) is 3.18. The Morgan fingerprint density at radius 2 is 2.00 bits per heavy atom. The summed E-state index contributed by atoms with van der Waals surface area (Å²) in [4.78, 5) is 24.3. The summed E-state index contributed by atoms with van der Waals surface area (Å²) in [6.45, 7) is 4.07. The minimum atomic E-state index is -0.332. The Labute approximate surface area is 128 Å². The highest BCUT2D eigenvalue weighted by Gasteiger charge is 2.17. The molecule has 0 aliphatic heterocycles. The van der Waals surface area contributed by atoms with E-state index >= 15 is 0 Å². The van der Waals surface area contributed by atoms with Gasteiger partial charge in [0.15, 0.2) is 5.82 Å². The van der Waals surface area contributed by atoms with Gasteiger partial charge in [0, 0.05) is 37.1 Å². The summed E-state index contributed by atoms with van der Waals surface area (Å²) in [5.74, 6) is -0.183. The van der Waals surface area contributed by atoms with Crippen LogP contribution in [0.2, 0.25) is 0 Å². The molecule has 0 aliphatic rings.